The van der Waals surface area contributed by atoms with Crippen LogP contribution in [0, 0.1) is 0 Å². The van der Waals surface area contributed by atoms with Crippen LogP contribution in [-0.2, 0) is 27.8 Å². The Kier molecular flexibility index (Phi) is 7.27. The number of anilines is 1. The Hall–Kier alpha value is -3.89. The first-order chi connectivity index (χ1) is 17.2. The molecule has 0 bridgehead atoms. The smallest absolute Gasteiger partial charge is 0.242 e. The first-order valence-corrected chi connectivity index (χ1v) is 12.6. The van der Waals surface area contributed by atoms with Gasteiger partial charge < -0.3 is 14.8 Å². The Labute approximate surface area is 210 Å². The summed E-state index contributed by atoms with van der Waals surface area (Å²) in [4.78, 5) is 13.1. The standard InChI is InChI=1S/C26H28N4O5S/c1-29(2)36(32,33)20-12-9-18(10-13-20)17-30-22-8-6-5-7-21(22)26(28-30)27-25(31)16-19-11-14-23(34-3)24(15-19)35-4/h5-15H,16-17H2,1-4H3,(H,27,28,31). The van der Waals surface area contributed by atoms with Crippen LogP contribution in [0.3, 0.4) is 0 Å². The zero-order chi connectivity index (χ0) is 25.9. The molecule has 0 atom stereocenters. The fraction of sp³-hybridized carbons (Fsp3) is 0.231. The van der Waals surface area contributed by atoms with Crippen molar-refractivity contribution in [3.8, 4) is 11.5 Å². The maximum Gasteiger partial charge on any atom is 0.242 e. The van der Waals surface area contributed by atoms with E-state index in [1.54, 1.807) is 55.3 Å². The normalized spacial score (nSPS) is 11.6. The topological polar surface area (TPSA) is 103 Å². The summed E-state index contributed by atoms with van der Waals surface area (Å²) in [5.74, 6) is 1.40. The first kappa shape index (κ1) is 25.2. The molecule has 0 aliphatic heterocycles. The highest BCUT2D eigenvalue weighted by atomic mass is 32.2. The summed E-state index contributed by atoms with van der Waals surface area (Å²) in [6.07, 6.45) is 0.142. The van der Waals surface area contributed by atoms with Crippen LogP contribution in [0.4, 0.5) is 5.82 Å². The van der Waals surface area contributed by atoms with Gasteiger partial charge in [0.05, 0.1) is 37.6 Å². The van der Waals surface area contributed by atoms with E-state index >= 15 is 0 Å². The van der Waals surface area contributed by atoms with Crippen molar-refractivity contribution in [2.45, 2.75) is 17.9 Å². The van der Waals surface area contributed by atoms with Gasteiger partial charge in [-0.15, -0.1) is 0 Å². The first-order valence-electron chi connectivity index (χ1n) is 11.2. The van der Waals surface area contributed by atoms with E-state index in [1.807, 2.05) is 30.3 Å². The van der Waals surface area contributed by atoms with Gasteiger partial charge >= 0.3 is 0 Å². The number of nitrogens with one attached hydrogen (secondary N) is 1. The lowest BCUT2D eigenvalue weighted by Gasteiger charge is -2.11. The predicted octanol–water partition coefficient (Wildman–Crippen LogP) is 3.53. The van der Waals surface area contributed by atoms with Crippen LogP contribution in [0.15, 0.2) is 71.6 Å². The number of amides is 1. The van der Waals surface area contributed by atoms with Crippen molar-refractivity contribution in [2.24, 2.45) is 0 Å². The molecule has 4 aromatic rings. The maximum absolute atomic E-state index is 12.8. The molecule has 0 saturated heterocycles. The van der Waals surface area contributed by atoms with Gasteiger partial charge in [-0.3, -0.25) is 9.48 Å². The summed E-state index contributed by atoms with van der Waals surface area (Å²) in [6, 6.07) is 19.7. The fourth-order valence-corrected chi connectivity index (χ4v) is 4.74. The zero-order valence-electron chi connectivity index (χ0n) is 20.6. The molecular weight excluding hydrogens is 480 g/mol. The van der Waals surface area contributed by atoms with Crippen LogP contribution in [-0.4, -0.2) is 56.7 Å². The molecule has 1 heterocycles. The molecule has 1 amide bonds. The average Bonchev–Trinajstić information content (AvgIpc) is 3.20. The van der Waals surface area contributed by atoms with E-state index < -0.39 is 10.0 Å². The highest BCUT2D eigenvalue weighted by Crippen LogP contribution is 2.28. The number of benzene rings is 3. The third kappa shape index (κ3) is 5.19. The van der Waals surface area contributed by atoms with Crippen LogP contribution in [0.25, 0.3) is 10.9 Å². The molecule has 188 valence electrons. The molecule has 0 fully saturated rings. The summed E-state index contributed by atoms with van der Waals surface area (Å²) in [5.41, 5.74) is 2.51. The van der Waals surface area contributed by atoms with Crippen molar-refractivity contribution in [3.63, 3.8) is 0 Å². The van der Waals surface area contributed by atoms with Crippen LogP contribution in [0.2, 0.25) is 0 Å². The Balaban J connectivity index is 1.55. The van der Waals surface area contributed by atoms with E-state index in [0.717, 1.165) is 22.0 Å². The summed E-state index contributed by atoms with van der Waals surface area (Å²) >= 11 is 0. The van der Waals surface area contributed by atoms with Crippen LogP contribution >= 0.6 is 0 Å². The quantitative estimate of drug-likeness (QED) is 0.371. The van der Waals surface area contributed by atoms with Gasteiger partial charge in [0.2, 0.25) is 15.9 Å². The summed E-state index contributed by atoms with van der Waals surface area (Å²) in [7, 11) is 2.62. The minimum Gasteiger partial charge on any atom is -0.493 e. The maximum atomic E-state index is 12.8. The van der Waals surface area contributed by atoms with Gasteiger partial charge in [-0.25, -0.2) is 12.7 Å². The van der Waals surface area contributed by atoms with Crippen molar-refractivity contribution in [1.29, 1.82) is 0 Å². The largest absolute Gasteiger partial charge is 0.493 e. The number of para-hydroxylation sites is 1. The minimum atomic E-state index is -3.50. The van der Waals surface area contributed by atoms with Gasteiger partial charge in [-0.1, -0.05) is 30.3 Å². The van der Waals surface area contributed by atoms with Gasteiger partial charge in [-0.2, -0.15) is 5.10 Å². The molecular formula is C26H28N4O5S. The SMILES string of the molecule is COc1ccc(CC(=O)Nc2nn(Cc3ccc(S(=O)(=O)N(C)C)cc3)c3ccccc23)cc1OC. The van der Waals surface area contributed by atoms with Gasteiger partial charge in [0, 0.05) is 19.5 Å². The number of ether oxygens (including phenoxy) is 2. The van der Waals surface area contributed by atoms with E-state index in [9.17, 15) is 13.2 Å². The van der Waals surface area contributed by atoms with Crippen molar-refractivity contribution in [1.82, 2.24) is 14.1 Å². The van der Waals surface area contributed by atoms with Crippen molar-refractivity contribution < 1.29 is 22.7 Å². The van der Waals surface area contributed by atoms with Crippen molar-refractivity contribution >= 4 is 32.7 Å². The zero-order valence-corrected chi connectivity index (χ0v) is 21.4. The van der Waals surface area contributed by atoms with Gasteiger partial charge in [0.15, 0.2) is 17.3 Å². The van der Waals surface area contributed by atoms with Crippen LogP contribution in [0.1, 0.15) is 11.1 Å². The third-order valence-corrected chi connectivity index (χ3v) is 7.59. The minimum absolute atomic E-state index is 0.142. The number of hydrogen-bond donors (Lipinski definition) is 1. The lowest BCUT2D eigenvalue weighted by Crippen LogP contribution is -2.22. The molecule has 0 radical (unpaired) electrons. The van der Waals surface area contributed by atoms with E-state index in [0.29, 0.717) is 23.9 Å². The molecule has 9 nitrogen and oxygen atoms in total. The summed E-state index contributed by atoms with van der Waals surface area (Å²) in [6.45, 7) is 0.411. The average molecular weight is 509 g/mol. The molecule has 1 aromatic heterocycles. The Morgan fingerprint density at radius 2 is 1.61 bits per heavy atom. The van der Waals surface area contributed by atoms with Crippen molar-refractivity contribution in [3.05, 3.63) is 77.9 Å². The molecule has 0 spiro atoms. The van der Waals surface area contributed by atoms with Gasteiger partial charge in [0.25, 0.3) is 0 Å². The van der Waals surface area contributed by atoms with Gasteiger partial charge in [0.1, 0.15) is 0 Å². The van der Waals surface area contributed by atoms with E-state index in [2.05, 4.69) is 10.4 Å². The molecule has 0 aliphatic carbocycles. The second-order valence-electron chi connectivity index (χ2n) is 8.37. The number of carbonyl (C=O) groups excluding carboxylic acids is 1. The molecule has 0 aliphatic rings. The number of carbonyl (C=O) groups is 1. The molecule has 36 heavy (non-hydrogen) atoms. The molecule has 4 rings (SSSR count). The number of sulfonamides is 1. The van der Waals surface area contributed by atoms with E-state index in [4.69, 9.17) is 9.47 Å². The van der Waals surface area contributed by atoms with Gasteiger partial charge in [-0.05, 0) is 47.5 Å². The second kappa shape index (κ2) is 10.4. The number of nitrogens with zero attached hydrogens (tertiary/aromatic N) is 3. The lowest BCUT2D eigenvalue weighted by atomic mass is 10.1. The number of aromatic nitrogens is 2. The summed E-state index contributed by atoms with van der Waals surface area (Å²) in [5, 5.41) is 8.37. The number of methoxy groups -OCH3 is 2. The number of rotatable bonds is 9. The number of fused-ring (bicyclic) bond motifs is 1. The molecule has 0 saturated carbocycles. The molecule has 3 aromatic carbocycles. The molecule has 1 N–H and O–H groups in total. The highest BCUT2D eigenvalue weighted by molar-refractivity contribution is 7.89. The Bertz CT molecular complexity index is 1490. The molecule has 10 heteroatoms. The predicted molar refractivity (Wildman–Crippen MR) is 138 cm³/mol. The molecule has 0 unspecified atom stereocenters. The second-order valence-corrected chi connectivity index (χ2v) is 10.5. The monoisotopic (exact) mass is 508 g/mol. The highest BCUT2D eigenvalue weighted by Gasteiger charge is 2.18. The summed E-state index contributed by atoms with van der Waals surface area (Å²) < 4.78 is 38.2. The van der Waals surface area contributed by atoms with Crippen molar-refractivity contribution in [2.75, 3.05) is 33.6 Å². The van der Waals surface area contributed by atoms with Crippen LogP contribution in [0.5, 0.6) is 11.5 Å². The lowest BCUT2D eigenvalue weighted by molar-refractivity contribution is -0.115. The Morgan fingerprint density at radius 1 is 0.944 bits per heavy atom. The van der Waals surface area contributed by atoms with Crippen LogP contribution < -0.4 is 14.8 Å². The Morgan fingerprint density at radius 3 is 2.28 bits per heavy atom. The fourth-order valence-electron chi connectivity index (χ4n) is 3.84. The number of hydrogen-bond acceptors (Lipinski definition) is 6. The van der Waals surface area contributed by atoms with E-state index in [1.165, 1.54) is 18.4 Å². The third-order valence-electron chi connectivity index (χ3n) is 5.76. The van der Waals surface area contributed by atoms with E-state index in [-0.39, 0.29) is 17.2 Å².